The fraction of sp³-hybridized carbons (Fsp3) is 0. The van der Waals surface area contributed by atoms with Gasteiger partial charge in [-0.3, -0.25) is 0 Å². The van der Waals surface area contributed by atoms with Crippen molar-refractivity contribution < 1.29 is 0 Å². The van der Waals surface area contributed by atoms with E-state index in [1.807, 2.05) is 0 Å². The van der Waals surface area contributed by atoms with Crippen molar-refractivity contribution in [3.8, 4) is 16.8 Å². The molecule has 11 rings (SSSR count). The Kier molecular flexibility index (Phi) is 2.67. The third-order valence-corrected chi connectivity index (χ3v) is 18.1. The van der Waals surface area contributed by atoms with Crippen molar-refractivity contribution in [1.82, 2.24) is 4.57 Å². The summed E-state index contributed by atoms with van der Waals surface area (Å²) in [6.45, 7) is 5.60. The number of hydrogen-bond donors (Lipinski definition) is 0. The van der Waals surface area contributed by atoms with Gasteiger partial charge in [0.05, 0.1) is 0 Å². The van der Waals surface area contributed by atoms with Gasteiger partial charge in [0.25, 0.3) is 0 Å². The Bertz CT molecular complexity index is 1950. The molecule has 0 spiro atoms. The molecule has 0 bridgehead atoms. The summed E-state index contributed by atoms with van der Waals surface area (Å²) in [6.07, 6.45) is 0.153. The summed E-state index contributed by atoms with van der Waals surface area (Å²) in [6, 6.07) is 30.1. The van der Waals surface area contributed by atoms with Crippen molar-refractivity contribution in [3.63, 3.8) is 0 Å². The van der Waals surface area contributed by atoms with Crippen LogP contribution in [0.4, 0.5) is 0 Å². The first kappa shape index (κ1) is 18.0. The molecule has 1 aromatic heterocycles. The number of fused-ring (bicyclic) bond motifs is 10. The van der Waals surface area contributed by atoms with E-state index >= 15 is 0 Å². The fourth-order valence-electron chi connectivity index (χ4n) is 7.63. The molecular weight excluding hydrogens is 454 g/mol. The molecule has 0 N–H and O–H groups in total. The molecule has 35 heavy (non-hydrogen) atoms. The van der Waals surface area contributed by atoms with Gasteiger partial charge in [-0.05, 0) is 0 Å². The van der Waals surface area contributed by atoms with Crippen molar-refractivity contribution in [2.75, 3.05) is 0 Å². The van der Waals surface area contributed by atoms with Crippen LogP contribution in [0.25, 0.3) is 38.6 Å². The molecule has 4 saturated heterocycles. The number of benzene rings is 4. The molecule has 4 aromatic carbocycles. The van der Waals surface area contributed by atoms with Crippen LogP contribution in [0.2, 0.25) is 0 Å². The standard InChI is InChI=1S/C24H13B7N2P2/c1-2-9-17-14(6-1)15-7-4-12-20-23(15)28(17)18-10-3-8-16-22-19(33(20)24(16)18)11-5-13-21(22)35(26-29(35)27-35)32-34-30-25-31(30)34/h1-13H/q-1. The molecule has 5 radical (unpaired) electrons. The summed E-state index contributed by atoms with van der Waals surface area (Å²) in [4.78, 5) is 0. The summed E-state index contributed by atoms with van der Waals surface area (Å²) in [5, 5.41) is 4.45. The molecule has 0 amide bonds. The molecule has 2 nitrogen and oxygen atoms in total. The van der Waals surface area contributed by atoms with E-state index in [4.69, 9.17) is 4.52 Å². The van der Waals surface area contributed by atoms with E-state index in [2.05, 4.69) is 104 Å². The molecule has 6 aliphatic rings. The summed E-state index contributed by atoms with van der Waals surface area (Å²) in [5.41, 5.74) is 11.3. The van der Waals surface area contributed by atoms with Crippen LogP contribution in [-0.4, -0.2) is 50.8 Å². The first-order valence-electron chi connectivity index (χ1n) is 12.7. The Morgan fingerprint density at radius 3 is 2.46 bits per heavy atom. The Labute approximate surface area is 207 Å². The van der Waals surface area contributed by atoms with Gasteiger partial charge in [0.1, 0.15) is 0 Å². The number of rotatable bonds is 2. The number of hydrogen-bond acceptors (Lipinski definition) is 1. The second kappa shape index (κ2) is 5.20. The third-order valence-electron chi connectivity index (χ3n) is 9.64. The number of nitrogens with zero attached hydrogens (tertiary/aromatic N) is 2. The van der Waals surface area contributed by atoms with E-state index in [1.165, 1.54) is 55.0 Å². The average Bonchev–Trinajstić information content (AvgIpc) is 3.82. The van der Waals surface area contributed by atoms with Gasteiger partial charge in [0.15, 0.2) is 0 Å². The molecule has 0 saturated carbocycles. The van der Waals surface area contributed by atoms with Crippen molar-refractivity contribution >= 4 is 104 Å². The van der Waals surface area contributed by atoms with E-state index in [-0.39, 0.29) is 7.47 Å². The Hall–Kier alpha value is -2.34. The van der Waals surface area contributed by atoms with Crippen LogP contribution >= 0.6 is 13.9 Å². The topological polar surface area (TPSA) is 17.3 Å². The molecule has 5 aromatic rings. The zero-order valence-corrected chi connectivity index (χ0v) is 20.6. The van der Waals surface area contributed by atoms with E-state index in [9.17, 15) is 0 Å². The molecule has 0 aliphatic carbocycles. The first-order valence-corrected chi connectivity index (χ1v) is 16.5. The monoisotopic (exact) mass is 468 g/mol. The van der Waals surface area contributed by atoms with Gasteiger partial charge in [-0.2, -0.15) is 0 Å². The molecule has 6 aliphatic heterocycles. The second-order valence-electron chi connectivity index (χ2n) is 11.2. The van der Waals surface area contributed by atoms with Gasteiger partial charge in [-0.25, -0.2) is 0 Å². The Morgan fingerprint density at radius 1 is 0.857 bits per heavy atom. The van der Waals surface area contributed by atoms with Crippen LogP contribution in [0.15, 0.2) is 83.4 Å². The zero-order chi connectivity index (χ0) is 22.3. The summed E-state index contributed by atoms with van der Waals surface area (Å²) in [7, 11) is 2.42. The van der Waals surface area contributed by atoms with Gasteiger partial charge < -0.3 is 0 Å². The zero-order valence-electron chi connectivity index (χ0n) is 18.8. The van der Waals surface area contributed by atoms with E-state index < -0.39 is 6.39 Å². The van der Waals surface area contributed by atoms with Crippen molar-refractivity contribution in [2.24, 2.45) is 4.52 Å². The van der Waals surface area contributed by atoms with Crippen LogP contribution in [-0.2, 0) is 0 Å². The van der Waals surface area contributed by atoms with Crippen molar-refractivity contribution in [1.29, 1.82) is 0 Å². The van der Waals surface area contributed by atoms with E-state index in [1.54, 1.807) is 5.30 Å². The quantitative estimate of drug-likeness (QED) is 0.275. The van der Waals surface area contributed by atoms with E-state index in [0.29, 0.717) is 12.9 Å². The second-order valence-corrected chi connectivity index (χ2v) is 18.1. The molecule has 11 heteroatoms. The van der Waals surface area contributed by atoms with Crippen LogP contribution < -0.4 is 21.7 Å². The minimum atomic E-state index is -2.24. The van der Waals surface area contributed by atoms with Gasteiger partial charge >= 0.3 is 208 Å². The summed E-state index contributed by atoms with van der Waals surface area (Å²) >= 11 is 0. The van der Waals surface area contributed by atoms with Crippen LogP contribution in [0, 0.1) is 0 Å². The van der Waals surface area contributed by atoms with Crippen LogP contribution in [0.5, 0.6) is 0 Å². The fourth-order valence-corrected chi connectivity index (χ4v) is 17.0. The van der Waals surface area contributed by atoms with E-state index in [0.717, 1.165) is 12.4 Å². The summed E-state index contributed by atoms with van der Waals surface area (Å²) in [5.74, 6) is 0. The van der Waals surface area contributed by atoms with Gasteiger partial charge in [0, 0.05) is 0 Å². The van der Waals surface area contributed by atoms with Crippen LogP contribution in [0.3, 0.4) is 0 Å². The predicted octanol–water partition coefficient (Wildman–Crippen LogP) is 2.39. The van der Waals surface area contributed by atoms with Crippen LogP contribution in [0.1, 0.15) is 0 Å². The Balaban J connectivity index is 1.30. The molecule has 7 heterocycles. The minimum absolute atomic E-state index is 0.0753. The number of aromatic nitrogens is 1. The van der Waals surface area contributed by atoms with Crippen molar-refractivity contribution in [2.45, 2.75) is 0 Å². The summed E-state index contributed by atoms with van der Waals surface area (Å²) < 4.78 is 8.32. The molecule has 0 unspecified atom stereocenters. The predicted molar refractivity (Wildman–Crippen MR) is 161 cm³/mol. The molecule has 151 valence electrons. The third kappa shape index (κ3) is 1.79. The first-order chi connectivity index (χ1) is 17.3. The molecular formula is C24H13B7N2P2-. The maximum atomic E-state index is 5.73. The van der Waals surface area contributed by atoms with Gasteiger partial charge in [0.2, 0.25) is 0 Å². The molecule has 4 fully saturated rings. The molecule has 0 atom stereocenters. The average molecular weight is 467 g/mol. The van der Waals surface area contributed by atoms with Gasteiger partial charge in [-0.15, -0.1) is 0 Å². The van der Waals surface area contributed by atoms with Crippen molar-refractivity contribution in [3.05, 3.63) is 78.9 Å². The maximum absolute atomic E-state index is 5.73. The Morgan fingerprint density at radius 2 is 1.63 bits per heavy atom. The normalized spacial score (nSPS) is 22.1. The van der Waals surface area contributed by atoms with Gasteiger partial charge in [-0.1, -0.05) is 0 Å². The number of para-hydroxylation sites is 1. The SMILES string of the molecule is [B]1B2[B-]P12(N=[P+]1B2[B-]B21)c1cccc2c1c1cccc3c1n2-c1cccc2c1B3c1ccccc1-2.